The Morgan fingerprint density at radius 1 is 1.24 bits per heavy atom. The van der Waals surface area contributed by atoms with Gasteiger partial charge in [0.25, 0.3) is 0 Å². The molecule has 29 heavy (non-hydrogen) atoms. The van der Waals surface area contributed by atoms with Crippen molar-refractivity contribution in [3.63, 3.8) is 0 Å². The van der Waals surface area contributed by atoms with Gasteiger partial charge in [0.15, 0.2) is 0 Å². The first kappa shape index (κ1) is 25.7. The van der Waals surface area contributed by atoms with Crippen LogP contribution in [0.25, 0.3) is 0 Å². The van der Waals surface area contributed by atoms with Crippen LogP contribution in [0.5, 0.6) is 0 Å². The number of nitrogens with one attached hydrogen (secondary N) is 2. The van der Waals surface area contributed by atoms with E-state index in [4.69, 9.17) is 4.74 Å². The summed E-state index contributed by atoms with van der Waals surface area (Å²) in [5.41, 5.74) is 0.608. The summed E-state index contributed by atoms with van der Waals surface area (Å²) in [6.45, 7) is -0.435. The molecule has 0 bridgehead atoms. The van der Waals surface area contributed by atoms with E-state index in [0.29, 0.717) is 17.7 Å². The van der Waals surface area contributed by atoms with Crippen molar-refractivity contribution in [1.82, 2.24) is 10.6 Å². The third kappa shape index (κ3) is 8.91. The predicted octanol–water partition coefficient (Wildman–Crippen LogP) is 2.14. The maximum absolute atomic E-state index is 13.7. The number of aliphatic hydroxyl groups is 1. The molecule has 0 heterocycles. The monoisotopic (exact) mass is 438 g/mol. The van der Waals surface area contributed by atoms with Gasteiger partial charge in [-0.05, 0) is 24.0 Å². The molecule has 0 amide bonds. The van der Waals surface area contributed by atoms with Gasteiger partial charge in [-0.3, -0.25) is 10.1 Å². The molecule has 0 saturated heterocycles. The standard InChI is InChI=1S/C19H29F3N2O4S/c1-27-12-15(13-7-5-4-6-8-13)24-17(19(20,21)22)16(25)11-23-14(9-10-29-3)18(26)28-2/h4-8,14-17,23-25H,9-12H2,1-3H3/t14-,15-,16-,17+/m0/s1. The Morgan fingerprint density at radius 3 is 2.41 bits per heavy atom. The first-order valence-corrected chi connectivity index (χ1v) is 10.5. The van der Waals surface area contributed by atoms with Gasteiger partial charge in [-0.2, -0.15) is 24.9 Å². The molecule has 0 unspecified atom stereocenters. The molecule has 166 valence electrons. The summed E-state index contributed by atoms with van der Waals surface area (Å²) >= 11 is 1.50. The fraction of sp³-hybridized carbons (Fsp3) is 0.632. The Bertz CT molecular complexity index is 593. The fourth-order valence-corrected chi connectivity index (χ4v) is 3.27. The van der Waals surface area contributed by atoms with Crippen molar-refractivity contribution in [3.8, 4) is 0 Å². The van der Waals surface area contributed by atoms with Crippen LogP contribution in [-0.2, 0) is 14.3 Å². The van der Waals surface area contributed by atoms with Crippen molar-refractivity contribution < 1.29 is 32.5 Å². The molecule has 1 rings (SSSR count). The van der Waals surface area contributed by atoms with Gasteiger partial charge < -0.3 is 19.9 Å². The maximum Gasteiger partial charge on any atom is 0.406 e. The Morgan fingerprint density at radius 2 is 1.90 bits per heavy atom. The first-order chi connectivity index (χ1) is 13.7. The number of esters is 1. The van der Waals surface area contributed by atoms with Crippen LogP contribution in [-0.4, -0.2) is 74.8 Å². The van der Waals surface area contributed by atoms with Crippen LogP contribution in [0.2, 0.25) is 0 Å². The maximum atomic E-state index is 13.7. The molecule has 0 aliphatic heterocycles. The number of methoxy groups -OCH3 is 2. The number of hydrogen-bond donors (Lipinski definition) is 3. The van der Waals surface area contributed by atoms with Crippen molar-refractivity contribution in [3.05, 3.63) is 35.9 Å². The molecular weight excluding hydrogens is 409 g/mol. The van der Waals surface area contributed by atoms with Crippen LogP contribution >= 0.6 is 11.8 Å². The molecule has 1 aromatic carbocycles. The molecule has 0 aliphatic rings. The quantitative estimate of drug-likeness (QED) is 0.407. The topological polar surface area (TPSA) is 79.8 Å². The third-order valence-electron chi connectivity index (χ3n) is 4.32. The lowest BCUT2D eigenvalue weighted by Crippen LogP contribution is -2.56. The summed E-state index contributed by atoms with van der Waals surface area (Å²) in [5, 5.41) is 15.4. The second-order valence-electron chi connectivity index (χ2n) is 6.44. The van der Waals surface area contributed by atoms with Crippen molar-refractivity contribution in [2.45, 2.75) is 36.8 Å². The smallest absolute Gasteiger partial charge is 0.406 e. The predicted molar refractivity (Wildman–Crippen MR) is 107 cm³/mol. The summed E-state index contributed by atoms with van der Waals surface area (Å²) in [4.78, 5) is 11.8. The highest BCUT2D eigenvalue weighted by Crippen LogP contribution is 2.26. The largest absolute Gasteiger partial charge is 0.468 e. The van der Waals surface area contributed by atoms with Gasteiger partial charge in [0, 0.05) is 13.7 Å². The highest BCUT2D eigenvalue weighted by atomic mass is 32.2. The van der Waals surface area contributed by atoms with Gasteiger partial charge in [-0.25, -0.2) is 0 Å². The average molecular weight is 439 g/mol. The van der Waals surface area contributed by atoms with Crippen molar-refractivity contribution >= 4 is 17.7 Å². The molecule has 10 heteroatoms. The fourth-order valence-electron chi connectivity index (χ4n) is 2.80. The minimum absolute atomic E-state index is 0.00471. The molecule has 6 nitrogen and oxygen atoms in total. The summed E-state index contributed by atoms with van der Waals surface area (Å²) in [6.07, 6.45) is -4.30. The number of carbonyl (C=O) groups excluding carboxylic acids is 1. The van der Waals surface area contributed by atoms with Gasteiger partial charge in [0.1, 0.15) is 12.1 Å². The van der Waals surface area contributed by atoms with E-state index in [1.165, 1.54) is 26.0 Å². The number of halogens is 3. The highest BCUT2D eigenvalue weighted by Gasteiger charge is 2.45. The average Bonchev–Trinajstić information content (AvgIpc) is 2.70. The molecule has 0 aromatic heterocycles. The van der Waals surface area contributed by atoms with E-state index in [2.05, 4.69) is 15.4 Å². The lowest BCUT2D eigenvalue weighted by atomic mass is 10.0. The molecule has 0 aliphatic carbocycles. The summed E-state index contributed by atoms with van der Waals surface area (Å²) in [6, 6.07) is 4.79. The van der Waals surface area contributed by atoms with Crippen molar-refractivity contribution in [2.75, 3.05) is 39.4 Å². The Kier molecular flexibility index (Phi) is 11.6. The van der Waals surface area contributed by atoms with Gasteiger partial charge in [-0.1, -0.05) is 30.3 Å². The summed E-state index contributed by atoms with van der Waals surface area (Å²) in [5.74, 6) is 0.0394. The number of rotatable bonds is 13. The number of aliphatic hydroxyl groups excluding tert-OH is 1. The van der Waals surface area contributed by atoms with Gasteiger partial charge in [-0.15, -0.1) is 0 Å². The van der Waals surface area contributed by atoms with E-state index in [0.717, 1.165) is 0 Å². The minimum Gasteiger partial charge on any atom is -0.468 e. The van der Waals surface area contributed by atoms with E-state index in [1.807, 2.05) is 6.26 Å². The van der Waals surface area contributed by atoms with Crippen LogP contribution in [0, 0.1) is 0 Å². The molecule has 3 N–H and O–H groups in total. The van der Waals surface area contributed by atoms with Gasteiger partial charge in [0.05, 0.1) is 25.9 Å². The van der Waals surface area contributed by atoms with E-state index >= 15 is 0 Å². The van der Waals surface area contributed by atoms with Crippen molar-refractivity contribution in [1.29, 1.82) is 0 Å². The second-order valence-corrected chi connectivity index (χ2v) is 7.42. The zero-order valence-corrected chi connectivity index (χ0v) is 17.6. The van der Waals surface area contributed by atoms with Crippen LogP contribution in [0.1, 0.15) is 18.0 Å². The van der Waals surface area contributed by atoms with E-state index in [1.54, 1.807) is 30.3 Å². The minimum atomic E-state index is -4.71. The normalized spacial score (nSPS) is 16.1. The molecular formula is C19H29F3N2O4S. The number of hydrogen-bond acceptors (Lipinski definition) is 7. The van der Waals surface area contributed by atoms with Gasteiger partial charge >= 0.3 is 12.1 Å². The van der Waals surface area contributed by atoms with E-state index in [-0.39, 0.29) is 6.61 Å². The first-order valence-electron chi connectivity index (χ1n) is 9.09. The number of benzene rings is 1. The number of ether oxygens (including phenoxy) is 2. The second kappa shape index (κ2) is 13.1. The van der Waals surface area contributed by atoms with E-state index < -0.39 is 42.9 Å². The molecule has 0 saturated carbocycles. The molecule has 1 aromatic rings. The summed E-state index contributed by atoms with van der Waals surface area (Å²) < 4.78 is 50.7. The molecule has 0 radical (unpaired) electrons. The zero-order valence-electron chi connectivity index (χ0n) is 16.7. The summed E-state index contributed by atoms with van der Waals surface area (Å²) in [7, 11) is 2.60. The van der Waals surface area contributed by atoms with Gasteiger partial charge in [0.2, 0.25) is 0 Å². The molecule has 0 fully saturated rings. The van der Waals surface area contributed by atoms with Crippen LogP contribution in [0.4, 0.5) is 13.2 Å². The number of carbonyl (C=O) groups is 1. The lowest BCUT2D eigenvalue weighted by molar-refractivity contribution is -0.180. The molecule has 0 spiro atoms. The number of alkyl halides is 3. The Labute approximate surface area is 173 Å². The third-order valence-corrected chi connectivity index (χ3v) is 4.97. The van der Waals surface area contributed by atoms with E-state index in [9.17, 15) is 23.1 Å². The Hall–Kier alpha value is -1.33. The Balaban J connectivity index is 2.88. The lowest BCUT2D eigenvalue weighted by Gasteiger charge is -2.31. The SMILES string of the molecule is COC[C@H](N[C@H]([C@@H](O)CN[C@@H](CCSC)C(=O)OC)C(F)(F)F)c1ccccc1. The highest BCUT2D eigenvalue weighted by molar-refractivity contribution is 7.98. The van der Waals surface area contributed by atoms with Crippen LogP contribution in [0.3, 0.4) is 0 Å². The number of thioether (sulfide) groups is 1. The molecule has 4 atom stereocenters. The van der Waals surface area contributed by atoms with Crippen LogP contribution < -0.4 is 10.6 Å². The van der Waals surface area contributed by atoms with Crippen molar-refractivity contribution in [2.24, 2.45) is 0 Å². The van der Waals surface area contributed by atoms with Crippen LogP contribution in [0.15, 0.2) is 30.3 Å². The zero-order chi connectivity index (χ0) is 21.9.